The van der Waals surface area contributed by atoms with Gasteiger partial charge in [-0.25, -0.2) is 0 Å². The summed E-state index contributed by atoms with van der Waals surface area (Å²) in [6, 6.07) is 0.316. The standard InChI is InChI=1S/C14H28N4O/c1-17-6-3-12(4-7-17)10-16-14(19)9-13-11-18(2)8-5-15-13/h12-13,15H,3-11H2,1-2H3,(H,16,19). The quantitative estimate of drug-likeness (QED) is 0.737. The number of piperidine rings is 1. The monoisotopic (exact) mass is 268 g/mol. The molecule has 2 heterocycles. The number of nitrogens with zero attached hydrogens (tertiary/aromatic N) is 2. The van der Waals surface area contributed by atoms with Crippen molar-refractivity contribution < 1.29 is 4.79 Å². The maximum atomic E-state index is 11.9. The van der Waals surface area contributed by atoms with Crippen LogP contribution >= 0.6 is 0 Å². The molecular weight excluding hydrogens is 240 g/mol. The molecule has 2 N–H and O–H groups in total. The van der Waals surface area contributed by atoms with Crippen molar-refractivity contribution in [3.63, 3.8) is 0 Å². The summed E-state index contributed by atoms with van der Waals surface area (Å²) in [5.41, 5.74) is 0. The normalized spacial score (nSPS) is 27.4. The number of rotatable bonds is 4. The molecule has 0 saturated carbocycles. The van der Waals surface area contributed by atoms with Crippen molar-refractivity contribution in [2.24, 2.45) is 5.92 Å². The molecule has 1 atom stereocenters. The summed E-state index contributed by atoms with van der Waals surface area (Å²) >= 11 is 0. The van der Waals surface area contributed by atoms with E-state index in [1.54, 1.807) is 0 Å². The van der Waals surface area contributed by atoms with Crippen LogP contribution in [0.2, 0.25) is 0 Å². The van der Waals surface area contributed by atoms with E-state index in [1.165, 1.54) is 12.8 Å². The molecule has 110 valence electrons. The molecule has 2 aliphatic rings. The predicted molar refractivity (Wildman–Crippen MR) is 77.1 cm³/mol. The van der Waals surface area contributed by atoms with Crippen LogP contribution in [0, 0.1) is 5.92 Å². The van der Waals surface area contributed by atoms with Gasteiger partial charge in [0, 0.05) is 38.6 Å². The van der Waals surface area contributed by atoms with E-state index >= 15 is 0 Å². The van der Waals surface area contributed by atoms with Gasteiger partial charge in [-0.2, -0.15) is 0 Å². The van der Waals surface area contributed by atoms with Crippen molar-refractivity contribution >= 4 is 5.91 Å². The summed E-state index contributed by atoms with van der Waals surface area (Å²) in [6.07, 6.45) is 3.03. The first kappa shape index (κ1) is 14.8. The topological polar surface area (TPSA) is 47.6 Å². The molecule has 2 fully saturated rings. The molecule has 0 bridgehead atoms. The van der Waals surface area contributed by atoms with E-state index in [0.29, 0.717) is 18.4 Å². The van der Waals surface area contributed by atoms with Gasteiger partial charge in [0.25, 0.3) is 0 Å². The van der Waals surface area contributed by atoms with Gasteiger partial charge in [0.05, 0.1) is 0 Å². The van der Waals surface area contributed by atoms with Gasteiger partial charge in [0.15, 0.2) is 0 Å². The maximum absolute atomic E-state index is 11.9. The minimum absolute atomic E-state index is 0.201. The van der Waals surface area contributed by atoms with Gasteiger partial charge in [-0.05, 0) is 45.9 Å². The number of hydrogen-bond donors (Lipinski definition) is 2. The van der Waals surface area contributed by atoms with E-state index < -0.39 is 0 Å². The second kappa shape index (κ2) is 7.22. The van der Waals surface area contributed by atoms with Crippen molar-refractivity contribution in [3.8, 4) is 0 Å². The van der Waals surface area contributed by atoms with Crippen molar-refractivity contribution in [1.29, 1.82) is 0 Å². The van der Waals surface area contributed by atoms with Gasteiger partial charge >= 0.3 is 0 Å². The number of amides is 1. The minimum Gasteiger partial charge on any atom is -0.356 e. The first-order valence-electron chi connectivity index (χ1n) is 7.50. The number of carbonyl (C=O) groups excluding carboxylic acids is 1. The number of nitrogens with one attached hydrogen (secondary N) is 2. The van der Waals surface area contributed by atoms with E-state index in [-0.39, 0.29) is 5.91 Å². The number of likely N-dealkylation sites (tertiary alicyclic amines) is 1. The highest BCUT2D eigenvalue weighted by atomic mass is 16.1. The summed E-state index contributed by atoms with van der Waals surface area (Å²) in [5, 5.41) is 6.53. The van der Waals surface area contributed by atoms with Crippen LogP contribution in [-0.4, -0.2) is 75.1 Å². The van der Waals surface area contributed by atoms with Crippen molar-refractivity contribution in [1.82, 2.24) is 20.4 Å². The lowest BCUT2D eigenvalue weighted by Gasteiger charge is -2.31. The fourth-order valence-electron chi connectivity index (χ4n) is 2.95. The Morgan fingerprint density at radius 2 is 1.95 bits per heavy atom. The zero-order valence-corrected chi connectivity index (χ0v) is 12.3. The average Bonchev–Trinajstić information content (AvgIpc) is 2.38. The number of likely N-dealkylation sites (N-methyl/N-ethyl adjacent to an activating group) is 1. The summed E-state index contributed by atoms with van der Waals surface area (Å²) in [7, 11) is 4.28. The van der Waals surface area contributed by atoms with Gasteiger partial charge in [0.1, 0.15) is 0 Å². The summed E-state index contributed by atoms with van der Waals surface area (Å²) in [5.74, 6) is 0.869. The fraction of sp³-hybridized carbons (Fsp3) is 0.929. The van der Waals surface area contributed by atoms with Crippen LogP contribution < -0.4 is 10.6 Å². The van der Waals surface area contributed by atoms with E-state index in [2.05, 4.69) is 34.5 Å². The van der Waals surface area contributed by atoms with Gasteiger partial charge in [0.2, 0.25) is 5.91 Å². The van der Waals surface area contributed by atoms with Crippen LogP contribution in [0.15, 0.2) is 0 Å². The lowest BCUT2D eigenvalue weighted by molar-refractivity contribution is -0.122. The molecule has 2 aliphatic heterocycles. The van der Waals surface area contributed by atoms with E-state index in [4.69, 9.17) is 0 Å². The Morgan fingerprint density at radius 1 is 1.21 bits per heavy atom. The third kappa shape index (κ3) is 5.09. The molecule has 2 saturated heterocycles. The van der Waals surface area contributed by atoms with Gasteiger partial charge in [-0.15, -0.1) is 0 Å². The van der Waals surface area contributed by atoms with Crippen molar-refractivity contribution in [3.05, 3.63) is 0 Å². The Kier molecular flexibility index (Phi) is 5.60. The molecule has 2 rings (SSSR count). The number of piperazine rings is 1. The van der Waals surface area contributed by atoms with Gasteiger partial charge < -0.3 is 20.4 Å². The molecule has 5 heteroatoms. The molecule has 0 radical (unpaired) electrons. The molecule has 19 heavy (non-hydrogen) atoms. The smallest absolute Gasteiger partial charge is 0.221 e. The lowest BCUT2D eigenvalue weighted by Crippen LogP contribution is -2.51. The molecule has 0 aromatic heterocycles. The Morgan fingerprint density at radius 3 is 2.63 bits per heavy atom. The zero-order valence-electron chi connectivity index (χ0n) is 12.3. The minimum atomic E-state index is 0.201. The van der Waals surface area contributed by atoms with Gasteiger partial charge in [-0.3, -0.25) is 4.79 Å². The van der Waals surface area contributed by atoms with Crippen molar-refractivity contribution in [2.45, 2.75) is 25.3 Å². The maximum Gasteiger partial charge on any atom is 0.221 e. The molecule has 1 unspecified atom stereocenters. The first-order chi connectivity index (χ1) is 9.13. The number of carbonyl (C=O) groups is 1. The molecule has 0 aromatic rings. The Bertz CT molecular complexity index is 289. The SMILES string of the molecule is CN1CCC(CNC(=O)CC2CN(C)CCN2)CC1. The highest BCUT2D eigenvalue weighted by molar-refractivity contribution is 5.76. The van der Waals surface area contributed by atoms with Crippen LogP contribution in [0.5, 0.6) is 0 Å². The highest BCUT2D eigenvalue weighted by Gasteiger charge is 2.21. The summed E-state index contributed by atoms with van der Waals surface area (Å²) in [6.45, 7) is 6.22. The average molecular weight is 268 g/mol. The van der Waals surface area contributed by atoms with Crippen LogP contribution in [0.1, 0.15) is 19.3 Å². The Hall–Kier alpha value is -0.650. The second-order valence-corrected chi connectivity index (χ2v) is 6.17. The predicted octanol–water partition coefficient (Wildman–Crippen LogP) is -0.262. The Labute approximate surface area is 116 Å². The molecular formula is C14H28N4O. The molecule has 0 aliphatic carbocycles. The number of hydrogen-bond acceptors (Lipinski definition) is 4. The molecule has 1 amide bonds. The molecule has 5 nitrogen and oxygen atoms in total. The van der Waals surface area contributed by atoms with Crippen LogP contribution in [0.3, 0.4) is 0 Å². The first-order valence-corrected chi connectivity index (χ1v) is 7.50. The van der Waals surface area contributed by atoms with Crippen molar-refractivity contribution in [2.75, 3.05) is 53.4 Å². The third-order valence-corrected chi connectivity index (χ3v) is 4.32. The third-order valence-electron chi connectivity index (χ3n) is 4.32. The van der Waals surface area contributed by atoms with Crippen LogP contribution in [0.25, 0.3) is 0 Å². The van der Waals surface area contributed by atoms with Gasteiger partial charge in [-0.1, -0.05) is 0 Å². The summed E-state index contributed by atoms with van der Waals surface area (Å²) in [4.78, 5) is 16.6. The molecule has 0 spiro atoms. The largest absolute Gasteiger partial charge is 0.356 e. The lowest BCUT2D eigenvalue weighted by atomic mass is 9.97. The van der Waals surface area contributed by atoms with E-state index in [9.17, 15) is 4.79 Å². The Balaban J connectivity index is 1.61. The fourth-order valence-corrected chi connectivity index (χ4v) is 2.95. The summed E-state index contributed by atoms with van der Waals surface area (Å²) < 4.78 is 0. The van der Waals surface area contributed by atoms with E-state index in [0.717, 1.165) is 39.3 Å². The van der Waals surface area contributed by atoms with Crippen LogP contribution in [-0.2, 0) is 4.79 Å². The van der Waals surface area contributed by atoms with E-state index in [1.807, 2.05) is 0 Å². The highest BCUT2D eigenvalue weighted by Crippen LogP contribution is 2.14. The zero-order chi connectivity index (χ0) is 13.7. The van der Waals surface area contributed by atoms with Crippen LogP contribution in [0.4, 0.5) is 0 Å². The molecule has 0 aromatic carbocycles. The second-order valence-electron chi connectivity index (χ2n) is 6.17.